The lowest BCUT2D eigenvalue weighted by Crippen LogP contribution is -2.46. The number of phenols is 2. The van der Waals surface area contributed by atoms with Crippen molar-refractivity contribution in [1.29, 1.82) is 0 Å². The number of nitrogens with zero attached hydrogens (tertiary/aromatic N) is 6. The molecule has 2 aromatic heterocycles. The molecule has 6 aromatic carbocycles. The minimum Gasteiger partial charge on any atom is -0.518 e. The number of alkyl carbamates (subject to hydrolysis) is 1. The van der Waals surface area contributed by atoms with Gasteiger partial charge in [-0.2, -0.15) is 0 Å². The van der Waals surface area contributed by atoms with E-state index in [9.17, 15) is 32.6 Å². The summed E-state index contributed by atoms with van der Waals surface area (Å²) in [5.41, 5.74) is 13.2. The van der Waals surface area contributed by atoms with Crippen molar-refractivity contribution in [3.05, 3.63) is 168 Å². The third kappa shape index (κ3) is 11.7. The number of ether oxygens (including phenoxy) is 1. The molecule has 12 nitrogen and oxygen atoms in total. The van der Waals surface area contributed by atoms with Gasteiger partial charge >= 0.3 is 6.09 Å². The number of para-hydroxylation sites is 2. The van der Waals surface area contributed by atoms with Gasteiger partial charge in [0.1, 0.15) is 40.4 Å². The number of anilines is 2. The van der Waals surface area contributed by atoms with Crippen LogP contribution in [0.3, 0.4) is 0 Å². The summed E-state index contributed by atoms with van der Waals surface area (Å²) in [4.78, 5) is 32.6. The third-order valence-electron chi connectivity index (χ3n) is 13.3. The molecule has 0 radical (unpaired) electrons. The first-order valence-corrected chi connectivity index (χ1v) is 24.4. The van der Waals surface area contributed by atoms with E-state index in [2.05, 4.69) is 34.8 Å². The summed E-state index contributed by atoms with van der Waals surface area (Å²) >= 11 is 0. The molecular formula is C59H53ClF4N8O4. The van der Waals surface area contributed by atoms with Crippen LogP contribution >= 0.6 is 12.4 Å². The number of carbonyl (C=O) groups is 1. The van der Waals surface area contributed by atoms with E-state index in [1.165, 1.54) is 24.3 Å². The molecule has 388 valence electrons. The summed E-state index contributed by atoms with van der Waals surface area (Å²) in [5.74, 6) is -2.90. The number of phenolic OH excluding ortho intramolecular Hbond substituents is 2. The minimum absolute atomic E-state index is 0. The van der Waals surface area contributed by atoms with Crippen LogP contribution in [0.5, 0.6) is 11.5 Å². The second-order valence-corrected chi connectivity index (χ2v) is 19.6. The van der Waals surface area contributed by atoms with Gasteiger partial charge in [-0.3, -0.25) is 9.97 Å². The normalized spacial score (nSPS) is 14.0. The van der Waals surface area contributed by atoms with Crippen molar-refractivity contribution in [2.75, 3.05) is 36.0 Å². The average Bonchev–Trinajstić information content (AvgIpc) is 3.38. The Bertz CT molecular complexity index is 3540. The second kappa shape index (κ2) is 22.6. The van der Waals surface area contributed by atoms with Crippen LogP contribution in [-0.4, -0.2) is 70.1 Å². The maximum absolute atomic E-state index is 14.3. The molecule has 4 heterocycles. The van der Waals surface area contributed by atoms with Crippen molar-refractivity contribution in [1.82, 2.24) is 15.3 Å². The molecule has 8 aromatic rings. The molecule has 2 aliphatic rings. The number of piperidine rings is 2. The summed E-state index contributed by atoms with van der Waals surface area (Å²) in [6.45, 7) is 22.6. The first kappa shape index (κ1) is 53.8. The van der Waals surface area contributed by atoms with Crippen molar-refractivity contribution >= 4 is 63.1 Å². The van der Waals surface area contributed by atoms with E-state index in [1.807, 2.05) is 57.2 Å². The molecule has 0 aliphatic carbocycles. The lowest BCUT2D eigenvalue weighted by atomic mass is 9.95. The smallest absolute Gasteiger partial charge is 0.407 e. The highest BCUT2D eigenvalue weighted by atomic mass is 35.5. The Labute approximate surface area is 443 Å². The van der Waals surface area contributed by atoms with Gasteiger partial charge in [0.25, 0.3) is 0 Å². The zero-order valence-corrected chi connectivity index (χ0v) is 42.6. The molecule has 5 N–H and O–H groups in total. The fourth-order valence-electron chi connectivity index (χ4n) is 9.77. The average molecular weight is 1050 g/mol. The topological polar surface area (TPSA) is 146 Å². The molecule has 2 aliphatic heterocycles. The van der Waals surface area contributed by atoms with Crippen LogP contribution in [0.2, 0.25) is 0 Å². The predicted molar refractivity (Wildman–Crippen MR) is 292 cm³/mol. The number of nitrogens with two attached hydrogens (primary N) is 1. The van der Waals surface area contributed by atoms with Gasteiger partial charge in [0.2, 0.25) is 11.4 Å². The molecular weight excluding hydrogens is 996 g/mol. The number of nitrogens with one attached hydrogen (secondary N) is 1. The van der Waals surface area contributed by atoms with Crippen LogP contribution in [0.25, 0.3) is 76.0 Å². The third-order valence-corrected chi connectivity index (χ3v) is 13.3. The van der Waals surface area contributed by atoms with Crippen LogP contribution in [-0.2, 0) is 4.74 Å². The molecule has 0 bridgehead atoms. The first-order chi connectivity index (χ1) is 36.0. The van der Waals surface area contributed by atoms with E-state index in [-0.39, 0.29) is 47.4 Å². The standard InChI is InChI=1S/C32H30F2N4O3.C27H22F2N4O.ClH/c1-32(2,3)41-31(40)37-23-10-12-38(13-11-23)29-25-16-19(24-6-5-7-28(35-4)30(24)39)8-9-27(25)36-18-26(29)20-14-21(33)17-22(34)15-20;1-31-25-4-2-3-21(27(25)34)16-5-6-24-22(13-16)26(33-9-7-20(30)8-10-33)23(15-32-24)17-11-18(28)14-19(29)12-17;/h5-9,14-18,23,39H,10-13H2,1-3H3,(H,37,40);2-6,11-15,20,34H,7-10,30H2;1H. The number of carbonyl (C=O) groups excluding carboxylic acids is 1. The highest BCUT2D eigenvalue weighted by Crippen LogP contribution is 2.45. The zero-order chi connectivity index (χ0) is 53.1. The molecule has 1 amide bonds. The monoisotopic (exact) mass is 1050 g/mol. The van der Waals surface area contributed by atoms with Gasteiger partial charge in [-0.05, 0) is 117 Å². The highest BCUT2D eigenvalue weighted by molar-refractivity contribution is 6.03. The Balaban J connectivity index is 0.000000202. The number of aromatic nitrogens is 2. The summed E-state index contributed by atoms with van der Waals surface area (Å²) in [6, 6.07) is 28.0. The van der Waals surface area contributed by atoms with E-state index in [0.29, 0.717) is 83.5 Å². The van der Waals surface area contributed by atoms with E-state index >= 15 is 0 Å². The molecule has 0 unspecified atom stereocenters. The molecule has 76 heavy (non-hydrogen) atoms. The van der Waals surface area contributed by atoms with E-state index in [0.717, 1.165) is 58.2 Å². The number of amides is 1. The Hall–Kier alpha value is -8.44. The largest absolute Gasteiger partial charge is 0.518 e. The number of hydrogen-bond donors (Lipinski definition) is 4. The van der Waals surface area contributed by atoms with Gasteiger partial charge in [0.05, 0.1) is 35.6 Å². The number of aromatic hydroxyl groups is 2. The highest BCUT2D eigenvalue weighted by Gasteiger charge is 2.28. The van der Waals surface area contributed by atoms with Crippen LogP contribution in [0.4, 0.5) is 45.1 Å². The number of benzene rings is 6. The van der Waals surface area contributed by atoms with Gasteiger partial charge in [-0.1, -0.05) is 48.5 Å². The molecule has 17 heteroatoms. The SMILES string of the molecule is Cl.[C-]#[N+]c1cccc(-c2ccc3ncc(-c4cc(F)cc(F)c4)c(N4CCC(N)CC4)c3c2)c1O.[C-]#[N+]c1cccc(-c2ccc3ncc(-c4cc(F)cc(F)c4)c(N4CCC(NC(=O)OC(C)(C)C)CC4)c3c2)c1O. The predicted octanol–water partition coefficient (Wildman–Crippen LogP) is 14.0. The van der Waals surface area contributed by atoms with Gasteiger partial charge < -0.3 is 35.8 Å². The maximum Gasteiger partial charge on any atom is 0.407 e. The Morgan fingerprint density at radius 2 is 1.03 bits per heavy atom. The number of pyridine rings is 2. The Kier molecular flexibility index (Phi) is 16.0. The Morgan fingerprint density at radius 1 is 0.618 bits per heavy atom. The fraction of sp³-hybridized carbons (Fsp3) is 0.237. The van der Waals surface area contributed by atoms with Crippen molar-refractivity contribution in [3.63, 3.8) is 0 Å². The Morgan fingerprint density at radius 3 is 1.42 bits per heavy atom. The van der Waals surface area contributed by atoms with Gasteiger partial charge in [-0.15, -0.1) is 12.4 Å². The van der Waals surface area contributed by atoms with Gasteiger partial charge in [0, 0.05) is 95.8 Å². The fourth-order valence-corrected chi connectivity index (χ4v) is 9.77. The number of hydrogen-bond acceptors (Lipinski definition) is 9. The summed E-state index contributed by atoms with van der Waals surface area (Å²) in [7, 11) is 0. The van der Waals surface area contributed by atoms with E-state index in [4.69, 9.17) is 23.6 Å². The van der Waals surface area contributed by atoms with Crippen LogP contribution < -0.4 is 20.9 Å². The summed E-state index contributed by atoms with van der Waals surface area (Å²) in [5, 5.41) is 25.8. The molecule has 10 rings (SSSR count). The molecule has 2 saturated heterocycles. The number of rotatable bonds is 7. The summed E-state index contributed by atoms with van der Waals surface area (Å²) < 4.78 is 62.3. The van der Waals surface area contributed by atoms with E-state index < -0.39 is 35.0 Å². The molecule has 0 spiro atoms. The quantitative estimate of drug-likeness (QED) is 0.0905. The zero-order valence-electron chi connectivity index (χ0n) is 41.8. The van der Waals surface area contributed by atoms with Gasteiger partial charge in [-0.25, -0.2) is 32.0 Å². The maximum atomic E-state index is 14.3. The number of halogens is 5. The van der Waals surface area contributed by atoms with Crippen molar-refractivity contribution in [2.24, 2.45) is 5.73 Å². The second-order valence-electron chi connectivity index (χ2n) is 19.6. The van der Waals surface area contributed by atoms with Crippen molar-refractivity contribution in [3.8, 4) is 56.0 Å². The lowest BCUT2D eigenvalue weighted by molar-refractivity contribution is 0.0497. The molecule has 0 saturated carbocycles. The minimum atomic E-state index is -0.694. The molecule has 2 fully saturated rings. The molecule has 0 atom stereocenters. The van der Waals surface area contributed by atoms with Crippen LogP contribution in [0.1, 0.15) is 46.5 Å². The van der Waals surface area contributed by atoms with Gasteiger partial charge in [0.15, 0.2) is 0 Å². The van der Waals surface area contributed by atoms with Crippen molar-refractivity contribution in [2.45, 2.75) is 64.1 Å². The number of fused-ring (bicyclic) bond motifs is 2. The van der Waals surface area contributed by atoms with Crippen LogP contribution in [0, 0.1) is 36.4 Å². The van der Waals surface area contributed by atoms with Crippen LogP contribution in [0.15, 0.2) is 122 Å². The summed E-state index contributed by atoms with van der Waals surface area (Å²) in [6.07, 6.45) is 5.67. The van der Waals surface area contributed by atoms with Crippen molar-refractivity contribution < 1.29 is 37.3 Å². The first-order valence-electron chi connectivity index (χ1n) is 24.4. The lowest BCUT2D eigenvalue weighted by Gasteiger charge is -2.36. The van der Waals surface area contributed by atoms with E-state index in [1.54, 1.807) is 48.8 Å².